The lowest BCUT2D eigenvalue weighted by Crippen LogP contribution is -2.29. The maximum Gasteiger partial charge on any atom is 0.413 e. The standard InChI is InChI=1S/C25H26FN5O4/c1-12-16(8-30-24-23(12)28-4-5-34-24)15-6-14-7-20(29-9-17(14)22(27)21(15)26)31-25(32)35-19-11-33-10-18(19)13-2-3-13/h6-9,13,18-19,28H,2-5,10-11,27H2,1H3,(H,29,31,32)/t18?,19-/m1/s1. The summed E-state index contributed by atoms with van der Waals surface area (Å²) in [6.07, 6.45) is 4.51. The number of halogens is 1. The number of hydrogen-bond donors (Lipinski definition) is 3. The van der Waals surface area contributed by atoms with Crippen molar-refractivity contribution >= 4 is 34.1 Å². The van der Waals surface area contributed by atoms with Crippen LogP contribution in [0.2, 0.25) is 0 Å². The van der Waals surface area contributed by atoms with Gasteiger partial charge < -0.3 is 25.3 Å². The molecule has 1 saturated heterocycles. The van der Waals surface area contributed by atoms with Gasteiger partial charge in [0, 0.05) is 41.4 Å². The number of nitrogens with two attached hydrogens (primary N) is 1. The number of nitrogens with one attached hydrogen (secondary N) is 2. The number of anilines is 3. The van der Waals surface area contributed by atoms with Gasteiger partial charge in [0.2, 0.25) is 5.88 Å². The average molecular weight is 480 g/mol. The number of carbonyl (C=O) groups is 1. The van der Waals surface area contributed by atoms with Crippen molar-refractivity contribution in [3.63, 3.8) is 0 Å². The number of pyridine rings is 2. The molecule has 2 atom stereocenters. The van der Waals surface area contributed by atoms with Crippen molar-refractivity contribution in [1.82, 2.24) is 9.97 Å². The Balaban J connectivity index is 1.29. The maximum atomic E-state index is 15.3. The Morgan fingerprint density at radius 3 is 2.91 bits per heavy atom. The highest BCUT2D eigenvalue weighted by atomic mass is 19.1. The zero-order valence-corrected chi connectivity index (χ0v) is 19.3. The van der Waals surface area contributed by atoms with E-state index in [-0.39, 0.29) is 23.5 Å². The third-order valence-corrected chi connectivity index (χ3v) is 7.02. The van der Waals surface area contributed by atoms with Crippen LogP contribution in [0.3, 0.4) is 0 Å². The minimum atomic E-state index is -0.589. The van der Waals surface area contributed by atoms with Crippen LogP contribution in [0.25, 0.3) is 21.9 Å². The molecular formula is C25H26FN5O4. The molecule has 0 bridgehead atoms. The second-order valence-corrected chi connectivity index (χ2v) is 9.30. The summed E-state index contributed by atoms with van der Waals surface area (Å²) < 4.78 is 32.1. The van der Waals surface area contributed by atoms with E-state index in [1.54, 1.807) is 18.3 Å². The van der Waals surface area contributed by atoms with Gasteiger partial charge in [-0.1, -0.05) is 0 Å². The quantitative estimate of drug-likeness (QED) is 0.478. The molecule has 10 heteroatoms. The minimum Gasteiger partial charge on any atom is -0.474 e. The van der Waals surface area contributed by atoms with E-state index >= 15 is 4.39 Å². The summed E-state index contributed by atoms with van der Waals surface area (Å²) in [4.78, 5) is 21.1. The summed E-state index contributed by atoms with van der Waals surface area (Å²) in [5.74, 6) is 1.07. The lowest BCUT2D eigenvalue weighted by atomic mass is 9.97. The Labute approximate surface area is 201 Å². The number of aromatic nitrogens is 2. The highest BCUT2D eigenvalue weighted by molar-refractivity contribution is 5.99. The molecule has 0 spiro atoms. The molecule has 1 aromatic carbocycles. The molecule has 3 aromatic rings. The Morgan fingerprint density at radius 1 is 1.23 bits per heavy atom. The van der Waals surface area contributed by atoms with Crippen molar-refractivity contribution in [2.24, 2.45) is 11.8 Å². The molecule has 9 nitrogen and oxygen atoms in total. The first kappa shape index (κ1) is 21.8. The first-order chi connectivity index (χ1) is 17.0. The van der Waals surface area contributed by atoms with E-state index in [0.717, 1.165) is 24.1 Å². The smallest absolute Gasteiger partial charge is 0.413 e. The molecule has 1 saturated carbocycles. The third-order valence-electron chi connectivity index (χ3n) is 7.02. The Bertz CT molecular complexity index is 1330. The molecule has 2 aliphatic heterocycles. The van der Waals surface area contributed by atoms with Crippen molar-refractivity contribution in [3.05, 3.63) is 35.9 Å². The predicted molar refractivity (Wildman–Crippen MR) is 129 cm³/mol. The summed E-state index contributed by atoms with van der Waals surface area (Å²) in [6, 6.07) is 3.34. The topological polar surface area (TPSA) is 121 Å². The van der Waals surface area contributed by atoms with Crippen LogP contribution in [-0.2, 0) is 9.47 Å². The maximum absolute atomic E-state index is 15.3. The second kappa shape index (κ2) is 8.53. The zero-order valence-electron chi connectivity index (χ0n) is 19.3. The fraction of sp³-hybridized carbons (Fsp3) is 0.400. The Morgan fingerprint density at radius 2 is 2.09 bits per heavy atom. The average Bonchev–Trinajstić information content (AvgIpc) is 3.60. The summed E-state index contributed by atoms with van der Waals surface area (Å²) in [6.45, 7) is 4.09. The fourth-order valence-corrected chi connectivity index (χ4v) is 4.96. The first-order valence-electron chi connectivity index (χ1n) is 11.8. The first-order valence-corrected chi connectivity index (χ1v) is 11.8. The van der Waals surface area contributed by atoms with Crippen LogP contribution in [0.5, 0.6) is 5.88 Å². The largest absolute Gasteiger partial charge is 0.474 e. The summed E-state index contributed by atoms with van der Waals surface area (Å²) in [5, 5.41) is 7.03. The van der Waals surface area contributed by atoms with Gasteiger partial charge >= 0.3 is 6.09 Å². The molecule has 6 rings (SSSR count). The Kier molecular flexibility index (Phi) is 5.32. The van der Waals surface area contributed by atoms with Crippen LogP contribution < -0.4 is 21.1 Å². The van der Waals surface area contributed by atoms with Crippen molar-refractivity contribution in [2.75, 3.05) is 42.7 Å². The molecular weight excluding hydrogens is 453 g/mol. The zero-order chi connectivity index (χ0) is 24.1. The van der Waals surface area contributed by atoms with Crippen LogP contribution in [-0.4, -0.2) is 48.5 Å². The molecule has 2 aromatic heterocycles. The number of fused-ring (bicyclic) bond motifs is 2. The number of hydrogen-bond acceptors (Lipinski definition) is 8. The normalized spacial score (nSPS) is 21.2. The number of nitrogens with zero attached hydrogens (tertiary/aromatic N) is 2. The molecule has 1 unspecified atom stereocenters. The van der Waals surface area contributed by atoms with Crippen molar-refractivity contribution < 1.29 is 23.4 Å². The van der Waals surface area contributed by atoms with Gasteiger partial charge in [-0.15, -0.1) is 0 Å². The molecule has 182 valence electrons. The molecule has 2 fully saturated rings. The minimum absolute atomic E-state index is 0.0177. The number of carbonyl (C=O) groups excluding carboxylic acids is 1. The van der Waals surface area contributed by atoms with Crippen molar-refractivity contribution in [3.8, 4) is 17.0 Å². The van der Waals surface area contributed by atoms with Crippen LogP contribution in [0.1, 0.15) is 18.4 Å². The van der Waals surface area contributed by atoms with Crippen LogP contribution >= 0.6 is 0 Å². The van der Waals surface area contributed by atoms with Gasteiger partial charge in [-0.25, -0.2) is 19.2 Å². The number of nitrogen functional groups attached to an aromatic ring is 1. The van der Waals surface area contributed by atoms with Gasteiger partial charge in [0.25, 0.3) is 0 Å². The van der Waals surface area contributed by atoms with Crippen LogP contribution in [0.15, 0.2) is 24.5 Å². The van der Waals surface area contributed by atoms with E-state index in [2.05, 4.69) is 20.6 Å². The van der Waals surface area contributed by atoms with E-state index in [1.165, 1.54) is 6.20 Å². The van der Waals surface area contributed by atoms with Gasteiger partial charge in [0.05, 0.1) is 18.9 Å². The van der Waals surface area contributed by atoms with E-state index < -0.39 is 11.9 Å². The molecule has 4 N–H and O–H groups in total. The number of benzene rings is 1. The third kappa shape index (κ3) is 3.97. The number of ether oxygens (including phenoxy) is 3. The van der Waals surface area contributed by atoms with Gasteiger partial charge in [0.1, 0.15) is 24.2 Å². The molecule has 0 radical (unpaired) electrons. The second-order valence-electron chi connectivity index (χ2n) is 9.30. The fourth-order valence-electron chi connectivity index (χ4n) is 4.96. The molecule has 4 heterocycles. The molecule has 1 amide bonds. The molecule has 35 heavy (non-hydrogen) atoms. The summed E-state index contributed by atoms with van der Waals surface area (Å²) >= 11 is 0. The number of amides is 1. The van der Waals surface area contributed by atoms with E-state index in [9.17, 15) is 4.79 Å². The van der Waals surface area contributed by atoms with Gasteiger partial charge in [-0.05, 0) is 48.8 Å². The number of rotatable bonds is 4. The summed E-state index contributed by atoms with van der Waals surface area (Å²) in [7, 11) is 0. The summed E-state index contributed by atoms with van der Waals surface area (Å²) in [5.41, 5.74) is 8.60. The van der Waals surface area contributed by atoms with E-state index in [0.29, 0.717) is 60.1 Å². The monoisotopic (exact) mass is 479 g/mol. The SMILES string of the molecule is Cc1c(-c2cc3cc(NC(=O)O[C@@H]4COCC4C4CC4)ncc3c(N)c2F)cnc2c1NCCO2. The van der Waals surface area contributed by atoms with Gasteiger partial charge in [-0.3, -0.25) is 5.32 Å². The lowest BCUT2D eigenvalue weighted by Gasteiger charge is -2.22. The van der Waals surface area contributed by atoms with Gasteiger partial charge in [0.15, 0.2) is 5.82 Å². The van der Waals surface area contributed by atoms with Gasteiger partial charge in [-0.2, -0.15) is 0 Å². The highest BCUT2D eigenvalue weighted by Crippen LogP contribution is 2.42. The van der Waals surface area contributed by atoms with Crippen molar-refractivity contribution in [1.29, 1.82) is 0 Å². The van der Waals surface area contributed by atoms with E-state index in [4.69, 9.17) is 19.9 Å². The van der Waals surface area contributed by atoms with Crippen LogP contribution in [0, 0.1) is 24.6 Å². The molecule has 1 aliphatic carbocycles. The van der Waals surface area contributed by atoms with Crippen LogP contribution in [0.4, 0.5) is 26.4 Å². The lowest BCUT2D eigenvalue weighted by molar-refractivity contribution is 0.0788. The predicted octanol–water partition coefficient (Wildman–Crippen LogP) is 4.10. The van der Waals surface area contributed by atoms with Crippen molar-refractivity contribution in [2.45, 2.75) is 25.9 Å². The molecule has 3 aliphatic rings. The Hall–Kier alpha value is -3.66. The highest BCUT2D eigenvalue weighted by Gasteiger charge is 2.42. The van der Waals surface area contributed by atoms with E-state index in [1.807, 2.05) is 6.92 Å².